The van der Waals surface area contributed by atoms with Crippen LogP contribution in [-0.4, -0.2) is 22.2 Å². The maximum absolute atomic E-state index is 13.4. The molecule has 0 saturated heterocycles. The van der Waals surface area contributed by atoms with Crippen LogP contribution in [0, 0.1) is 15.9 Å². The maximum atomic E-state index is 13.4. The van der Waals surface area contributed by atoms with Gasteiger partial charge in [-0.2, -0.15) is 4.39 Å². The Morgan fingerprint density at radius 1 is 1.39 bits per heavy atom. The average molecular weight is 255 g/mol. The third kappa shape index (κ3) is 2.76. The second kappa shape index (κ2) is 5.30. The van der Waals surface area contributed by atoms with Crippen molar-refractivity contribution < 1.29 is 19.2 Å². The van der Waals surface area contributed by atoms with Gasteiger partial charge in [-0.15, -0.1) is 0 Å². The highest BCUT2D eigenvalue weighted by Crippen LogP contribution is 2.27. The molecule has 6 heteroatoms. The summed E-state index contributed by atoms with van der Waals surface area (Å²) in [6.07, 6.45) is 2.36. The largest absolute Gasteiger partial charge is 0.488 e. The molecule has 0 bridgehead atoms. The molecule has 0 unspecified atom stereocenters. The molecule has 1 saturated carbocycles. The Hall–Kier alpha value is -1.69. The Labute approximate surface area is 103 Å². The van der Waals surface area contributed by atoms with Crippen molar-refractivity contribution in [1.82, 2.24) is 0 Å². The fraction of sp³-hybridized carbons (Fsp3) is 0.500. The zero-order chi connectivity index (χ0) is 13.1. The zero-order valence-corrected chi connectivity index (χ0v) is 9.71. The number of aliphatic hydroxyl groups is 1. The molecule has 0 amide bonds. The summed E-state index contributed by atoms with van der Waals surface area (Å²) < 4.78 is 18.8. The summed E-state index contributed by atoms with van der Waals surface area (Å²) in [7, 11) is 0. The average Bonchev–Trinajstić information content (AvgIpc) is 2.32. The Balaban J connectivity index is 2.10. The summed E-state index contributed by atoms with van der Waals surface area (Å²) in [5, 5.41) is 20.2. The Morgan fingerprint density at radius 2 is 2.11 bits per heavy atom. The number of hydrogen-bond donors (Lipinski definition) is 1. The van der Waals surface area contributed by atoms with Crippen LogP contribution in [0.3, 0.4) is 0 Å². The van der Waals surface area contributed by atoms with Crippen LogP contribution in [0.25, 0.3) is 0 Å². The van der Waals surface area contributed by atoms with Crippen LogP contribution in [0.4, 0.5) is 10.1 Å². The van der Waals surface area contributed by atoms with Crippen molar-refractivity contribution >= 4 is 5.69 Å². The van der Waals surface area contributed by atoms with Gasteiger partial charge < -0.3 is 9.84 Å². The lowest BCUT2D eigenvalue weighted by molar-refractivity contribution is -0.387. The van der Waals surface area contributed by atoms with Gasteiger partial charge >= 0.3 is 5.69 Å². The van der Waals surface area contributed by atoms with Crippen LogP contribution >= 0.6 is 0 Å². The van der Waals surface area contributed by atoms with Crippen molar-refractivity contribution in [3.8, 4) is 5.75 Å². The molecule has 1 aliphatic rings. The molecule has 1 fully saturated rings. The molecule has 0 aliphatic heterocycles. The van der Waals surface area contributed by atoms with Crippen molar-refractivity contribution in [2.75, 3.05) is 0 Å². The fourth-order valence-corrected chi connectivity index (χ4v) is 2.10. The molecule has 0 aromatic heterocycles. The van der Waals surface area contributed by atoms with Crippen LogP contribution in [-0.2, 0) is 0 Å². The Bertz CT molecular complexity index is 452. The molecule has 1 aromatic rings. The minimum atomic E-state index is -0.928. The molecule has 0 spiro atoms. The summed E-state index contributed by atoms with van der Waals surface area (Å²) in [4.78, 5) is 9.68. The monoisotopic (exact) mass is 255 g/mol. The number of ether oxygens (including phenoxy) is 1. The van der Waals surface area contributed by atoms with Gasteiger partial charge in [0.25, 0.3) is 0 Å². The van der Waals surface area contributed by atoms with Crippen LogP contribution in [0.1, 0.15) is 25.7 Å². The number of aliphatic hydroxyl groups excluding tert-OH is 1. The topological polar surface area (TPSA) is 72.6 Å². The van der Waals surface area contributed by atoms with Gasteiger partial charge in [-0.25, -0.2) is 0 Å². The van der Waals surface area contributed by atoms with Gasteiger partial charge in [0.15, 0.2) is 0 Å². The lowest BCUT2D eigenvalue weighted by Crippen LogP contribution is -2.34. The molecule has 98 valence electrons. The Kier molecular flexibility index (Phi) is 3.76. The Morgan fingerprint density at radius 3 is 2.72 bits per heavy atom. The molecule has 1 aliphatic carbocycles. The van der Waals surface area contributed by atoms with Crippen molar-refractivity contribution in [3.63, 3.8) is 0 Å². The molecule has 1 aromatic carbocycles. The summed E-state index contributed by atoms with van der Waals surface area (Å²) in [6.45, 7) is 0. The second-order valence-electron chi connectivity index (χ2n) is 4.38. The van der Waals surface area contributed by atoms with E-state index in [4.69, 9.17) is 4.74 Å². The smallest absolute Gasteiger partial charge is 0.305 e. The highest BCUT2D eigenvalue weighted by Gasteiger charge is 2.25. The lowest BCUT2D eigenvalue weighted by Gasteiger charge is -2.28. The molecule has 2 rings (SSSR count). The van der Waals surface area contributed by atoms with Gasteiger partial charge in [0.1, 0.15) is 11.9 Å². The molecule has 18 heavy (non-hydrogen) atoms. The molecule has 5 nitrogen and oxygen atoms in total. The van der Waals surface area contributed by atoms with Gasteiger partial charge in [-0.05, 0) is 25.3 Å². The normalized spacial score (nSPS) is 23.7. The number of benzene rings is 1. The van der Waals surface area contributed by atoms with Gasteiger partial charge in [0.05, 0.1) is 11.0 Å². The quantitative estimate of drug-likeness (QED) is 0.665. The number of halogens is 1. The van der Waals surface area contributed by atoms with Crippen molar-refractivity contribution in [2.45, 2.75) is 37.9 Å². The summed E-state index contributed by atoms with van der Waals surface area (Å²) in [5.41, 5.74) is -0.577. The van der Waals surface area contributed by atoms with E-state index in [1.165, 1.54) is 6.07 Å². The number of rotatable bonds is 3. The fourth-order valence-electron chi connectivity index (χ4n) is 2.10. The van der Waals surface area contributed by atoms with Crippen molar-refractivity contribution in [3.05, 3.63) is 34.1 Å². The minimum absolute atomic E-state index is 0.212. The third-order valence-electron chi connectivity index (χ3n) is 3.07. The molecular weight excluding hydrogens is 241 g/mol. The van der Waals surface area contributed by atoms with Gasteiger partial charge in [-0.1, -0.05) is 6.42 Å². The summed E-state index contributed by atoms with van der Waals surface area (Å²) in [5.74, 6) is -0.716. The number of nitro groups is 1. The minimum Gasteiger partial charge on any atom is -0.488 e. The molecular formula is C12H14FNO4. The van der Waals surface area contributed by atoms with E-state index >= 15 is 0 Å². The number of hydrogen-bond acceptors (Lipinski definition) is 4. The first-order valence-electron chi connectivity index (χ1n) is 5.86. The van der Waals surface area contributed by atoms with E-state index in [-0.39, 0.29) is 11.9 Å². The van der Waals surface area contributed by atoms with E-state index in [9.17, 15) is 19.6 Å². The first kappa shape index (κ1) is 12.8. The van der Waals surface area contributed by atoms with Crippen LogP contribution in [0.2, 0.25) is 0 Å². The van der Waals surface area contributed by atoms with Crippen LogP contribution in [0.15, 0.2) is 18.2 Å². The standard InChI is InChI=1S/C12H14FNO4/c13-9-7-8(5-6-10(9)14(16)17)18-12-4-2-1-3-11(12)15/h5-7,11-12,15H,1-4H2/t11-,12-/m0/s1. The van der Waals surface area contributed by atoms with Crippen LogP contribution in [0.5, 0.6) is 5.75 Å². The first-order chi connectivity index (χ1) is 8.58. The highest BCUT2D eigenvalue weighted by molar-refractivity contribution is 5.38. The predicted molar refractivity (Wildman–Crippen MR) is 61.9 cm³/mol. The van der Waals surface area contributed by atoms with Crippen molar-refractivity contribution in [2.24, 2.45) is 0 Å². The third-order valence-corrected chi connectivity index (χ3v) is 3.07. The zero-order valence-electron chi connectivity index (χ0n) is 9.71. The SMILES string of the molecule is O=[N+]([O-])c1ccc(O[C@H]2CCCC[C@@H]2O)cc1F. The lowest BCUT2D eigenvalue weighted by atomic mass is 9.95. The first-order valence-corrected chi connectivity index (χ1v) is 5.86. The second-order valence-corrected chi connectivity index (χ2v) is 4.38. The number of nitrogens with zero attached hydrogens (tertiary/aromatic N) is 1. The van der Waals surface area contributed by atoms with Crippen LogP contribution < -0.4 is 4.74 Å². The number of nitro benzene ring substituents is 1. The van der Waals surface area contributed by atoms with E-state index < -0.39 is 22.5 Å². The predicted octanol–water partition coefficient (Wildman–Crippen LogP) is 2.42. The molecule has 0 heterocycles. The van der Waals surface area contributed by atoms with Gasteiger partial charge in [0.2, 0.25) is 5.82 Å². The van der Waals surface area contributed by atoms with E-state index in [0.717, 1.165) is 25.0 Å². The van der Waals surface area contributed by atoms with Gasteiger partial charge in [-0.3, -0.25) is 10.1 Å². The molecule has 1 N–H and O–H groups in total. The van der Waals surface area contributed by atoms with E-state index in [1.54, 1.807) is 0 Å². The summed E-state index contributed by atoms with van der Waals surface area (Å²) in [6, 6.07) is 3.40. The maximum Gasteiger partial charge on any atom is 0.305 e. The van der Waals surface area contributed by atoms with Gasteiger partial charge in [0, 0.05) is 12.1 Å². The highest BCUT2D eigenvalue weighted by atomic mass is 19.1. The van der Waals surface area contributed by atoms with E-state index in [0.29, 0.717) is 12.8 Å². The molecule has 0 radical (unpaired) electrons. The van der Waals surface area contributed by atoms with Crippen molar-refractivity contribution in [1.29, 1.82) is 0 Å². The van der Waals surface area contributed by atoms with E-state index in [2.05, 4.69) is 0 Å². The summed E-state index contributed by atoms with van der Waals surface area (Å²) >= 11 is 0. The molecule has 2 atom stereocenters. The van der Waals surface area contributed by atoms with E-state index in [1.807, 2.05) is 0 Å².